The summed E-state index contributed by atoms with van der Waals surface area (Å²) >= 11 is 1.66. The van der Waals surface area contributed by atoms with Crippen LogP contribution in [0.1, 0.15) is 55.3 Å². The number of nitrogens with zero attached hydrogens (tertiary/aromatic N) is 1. The van der Waals surface area contributed by atoms with Gasteiger partial charge in [0.15, 0.2) is 0 Å². The highest BCUT2D eigenvalue weighted by Gasteiger charge is 2.21. The summed E-state index contributed by atoms with van der Waals surface area (Å²) in [5, 5.41) is 3.87. The molecule has 1 heterocycles. The average Bonchev–Trinajstić information content (AvgIpc) is 2.93. The number of aryl methyl sites for hydroxylation is 1. The van der Waals surface area contributed by atoms with Gasteiger partial charge in [0.05, 0.1) is 12.6 Å². The maximum atomic E-state index is 12.0. The van der Waals surface area contributed by atoms with Crippen molar-refractivity contribution >= 4 is 29.7 Å². The van der Waals surface area contributed by atoms with Crippen molar-refractivity contribution < 1.29 is 4.79 Å². The van der Waals surface area contributed by atoms with Gasteiger partial charge in [-0.3, -0.25) is 4.79 Å². The van der Waals surface area contributed by atoms with Crippen LogP contribution in [0.4, 0.5) is 0 Å². The van der Waals surface area contributed by atoms with Crippen molar-refractivity contribution in [2.24, 2.45) is 11.7 Å². The number of carbonyl (C=O) groups excluding carboxylic acids is 1. The van der Waals surface area contributed by atoms with Crippen molar-refractivity contribution in [1.29, 1.82) is 0 Å². The standard InChI is InChI=1S/C15H25N3OS.ClH/c1-2-12-9-17-14(20-12)10-18-15(19)13(16)8-11-6-4-3-5-7-11;/h9,11,13H,2-8,10,16H2,1H3,(H,18,19);1H. The van der Waals surface area contributed by atoms with E-state index in [-0.39, 0.29) is 24.4 Å². The van der Waals surface area contributed by atoms with E-state index in [0.29, 0.717) is 12.5 Å². The maximum Gasteiger partial charge on any atom is 0.237 e. The summed E-state index contributed by atoms with van der Waals surface area (Å²) in [5.41, 5.74) is 6.01. The molecule has 0 aromatic carbocycles. The van der Waals surface area contributed by atoms with E-state index >= 15 is 0 Å². The molecule has 0 bridgehead atoms. The molecule has 4 nitrogen and oxygen atoms in total. The Morgan fingerprint density at radius 3 is 2.81 bits per heavy atom. The molecule has 1 aromatic heterocycles. The zero-order valence-corrected chi connectivity index (χ0v) is 14.3. The number of nitrogens with two attached hydrogens (primary N) is 1. The van der Waals surface area contributed by atoms with Crippen LogP contribution in [-0.4, -0.2) is 16.9 Å². The quantitative estimate of drug-likeness (QED) is 0.841. The minimum Gasteiger partial charge on any atom is -0.348 e. The van der Waals surface area contributed by atoms with Gasteiger partial charge in [-0.05, 0) is 18.8 Å². The smallest absolute Gasteiger partial charge is 0.237 e. The fourth-order valence-corrected chi connectivity index (χ4v) is 3.58. The second kappa shape index (κ2) is 9.38. The molecule has 1 atom stereocenters. The zero-order chi connectivity index (χ0) is 14.4. The molecule has 1 aliphatic carbocycles. The monoisotopic (exact) mass is 331 g/mol. The Kier molecular flexibility index (Phi) is 8.22. The first-order valence-electron chi connectivity index (χ1n) is 7.66. The average molecular weight is 332 g/mol. The number of carbonyl (C=O) groups is 1. The number of hydrogen-bond donors (Lipinski definition) is 2. The lowest BCUT2D eigenvalue weighted by Crippen LogP contribution is -2.41. The number of amides is 1. The van der Waals surface area contributed by atoms with E-state index in [9.17, 15) is 4.79 Å². The first-order valence-corrected chi connectivity index (χ1v) is 8.47. The molecule has 1 saturated carbocycles. The topological polar surface area (TPSA) is 68.0 Å². The third kappa shape index (κ3) is 5.93. The number of nitrogens with one attached hydrogen (secondary N) is 1. The van der Waals surface area contributed by atoms with Gasteiger partial charge in [-0.15, -0.1) is 23.7 Å². The highest BCUT2D eigenvalue weighted by atomic mass is 35.5. The number of aromatic nitrogens is 1. The number of hydrogen-bond acceptors (Lipinski definition) is 4. The normalized spacial score (nSPS) is 17.0. The lowest BCUT2D eigenvalue weighted by atomic mass is 9.85. The molecule has 0 radical (unpaired) electrons. The first kappa shape index (κ1) is 18.4. The summed E-state index contributed by atoms with van der Waals surface area (Å²) in [6, 6.07) is -0.372. The molecule has 2 rings (SSSR count). The van der Waals surface area contributed by atoms with Gasteiger partial charge in [-0.1, -0.05) is 39.0 Å². The second-order valence-electron chi connectivity index (χ2n) is 5.64. The molecule has 1 fully saturated rings. The van der Waals surface area contributed by atoms with Crippen LogP contribution >= 0.6 is 23.7 Å². The SMILES string of the molecule is CCc1cnc(CNC(=O)C(N)CC2CCCCC2)s1.Cl. The summed E-state index contributed by atoms with van der Waals surface area (Å²) in [4.78, 5) is 17.6. The van der Waals surface area contributed by atoms with E-state index in [0.717, 1.165) is 17.8 Å². The van der Waals surface area contributed by atoms with Gasteiger partial charge in [0.2, 0.25) is 5.91 Å². The molecule has 21 heavy (non-hydrogen) atoms. The van der Waals surface area contributed by atoms with Crippen molar-refractivity contribution in [3.8, 4) is 0 Å². The molecular weight excluding hydrogens is 306 g/mol. The molecule has 120 valence electrons. The first-order chi connectivity index (χ1) is 9.69. The predicted molar refractivity (Wildman–Crippen MR) is 89.8 cm³/mol. The van der Waals surface area contributed by atoms with Gasteiger partial charge >= 0.3 is 0 Å². The van der Waals surface area contributed by atoms with Gasteiger partial charge in [0.25, 0.3) is 0 Å². The summed E-state index contributed by atoms with van der Waals surface area (Å²) < 4.78 is 0. The van der Waals surface area contributed by atoms with E-state index in [1.54, 1.807) is 11.3 Å². The lowest BCUT2D eigenvalue weighted by molar-refractivity contribution is -0.122. The van der Waals surface area contributed by atoms with E-state index in [4.69, 9.17) is 5.73 Å². The van der Waals surface area contributed by atoms with E-state index in [1.165, 1.54) is 37.0 Å². The number of thiazole rings is 1. The molecule has 1 aromatic rings. The van der Waals surface area contributed by atoms with Crippen molar-refractivity contribution in [3.05, 3.63) is 16.1 Å². The minimum atomic E-state index is -0.372. The molecule has 0 spiro atoms. The Balaban J connectivity index is 0.00000220. The van der Waals surface area contributed by atoms with E-state index in [1.807, 2.05) is 6.20 Å². The lowest BCUT2D eigenvalue weighted by Gasteiger charge is -2.24. The van der Waals surface area contributed by atoms with E-state index < -0.39 is 0 Å². The molecular formula is C15H26ClN3OS. The van der Waals surface area contributed by atoms with Crippen molar-refractivity contribution in [3.63, 3.8) is 0 Å². The van der Waals surface area contributed by atoms with Crippen molar-refractivity contribution in [1.82, 2.24) is 10.3 Å². The molecule has 6 heteroatoms. The van der Waals surface area contributed by atoms with E-state index in [2.05, 4.69) is 17.2 Å². The van der Waals surface area contributed by atoms with Gasteiger partial charge in [-0.2, -0.15) is 0 Å². The largest absolute Gasteiger partial charge is 0.348 e. The van der Waals surface area contributed by atoms with Gasteiger partial charge in [0, 0.05) is 11.1 Å². The molecule has 0 aliphatic heterocycles. The summed E-state index contributed by atoms with van der Waals surface area (Å²) in [6.07, 6.45) is 10.1. The molecule has 1 amide bonds. The highest BCUT2D eigenvalue weighted by molar-refractivity contribution is 7.11. The van der Waals surface area contributed by atoms with Gasteiger partial charge < -0.3 is 11.1 Å². The van der Waals surface area contributed by atoms with Crippen LogP contribution in [0.3, 0.4) is 0 Å². The number of halogens is 1. The van der Waals surface area contributed by atoms with Gasteiger partial charge in [0.1, 0.15) is 5.01 Å². The summed E-state index contributed by atoms with van der Waals surface area (Å²) in [6.45, 7) is 2.61. The minimum absolute atomic E-state index is 0. The van der Waals surface area contributed by atoms with Crippen LogP contribution in [0.5, 0.6) is 0 Å². The third-order valence-electron chi connectivity index (χ3n) is 4.01. The molecule has 3 N–H and O–H groups in total. The highest BCUT2D eigenvalue weighted by Crippen LogP contribution is 2.26. The van der Waals surface area contributed by atoms with Crippen LogP contribution in [0.2, 0.25) is 0 Å². The Morgan fingerprint density at radius 2 is 2.19 bits per heavy atom. The third-order valence-corrected chi connectivity index (χ3v) is 5.15. The molecule has 0 saturated heterocycles. The Labute approximate surface area is 137 Å². The molecule has 1 aliphatic rings. The van der Waals surface area contributed by atoms with Gasteiger partial charge in [-0.25, -0.2) is 4.98 Å². The molecule has 1 unspecified atom stereocenters. The fourth-order valence-electron chi connectivity index (χ4n) is 2.78. The fraction of sp³-hybridized carbons (Fsp3) is 0.733. The maximum absolute atomic E-state index is 12.0. The Morgan fingerprint density at radius 1 is 1.48 bits per heavy atom. The van der Waals surface area contributed by atoms with Crippen LogP contribution < -0.4 is 11.1 Å². The van der Waals surface area contributed by atoms with Crippen molar-refractivity contribution in [2.45, 2.75) is 64.5 Å². The summed E-state index contributed by atoms with van der Waals surface area (Å²) in [5.74, 6) is 0.597. The van der Waals surface area contributed by atoms with Crippen LogP contribution in [-0.2, 0) is 17.8 Å². The second-order valence-corrected chi connectivity index (χ2v) is 6.84. The van der Waals surface area contributed by atoms with Crippen LogP contribution in [0, 0.1) is 5.92 Å². The van der Waals surface area contributed by atoms with Crippen molar-refractivity contribution in [2.75, 3.05) is 0 Å². The Bertz CT molecular complexity index is 432. The van der Waals surface area contributed by atoms with Crippen LogP contribution in [0.25, 0.3) is 0 Å². The Hall–Kier alpha value is -0.650. The predicted octanol–water partition coefficient (Wildman–Crippen LogP) is 3.04. The number of rotatable bonds is 6. The zero-order valence-electron chi connectivity index (χ0n) is 12.6. The van der Waals surface area contributed by atoms with Crippen LogP contribution in [0.15, 0.2) is 6.20 Å². The summed E-state index contributed by atoms with van der Waals surface area (Å²) in [7, 11) is 0.